The van der Waals surface area contributed by atoms with Crippen molar-refractivity contribution in [3.63, 3.8) is 0 Å². The third-order valence-electron chi connectivity index (χ3n) is 6.69. The molecule has 7 heteroatoms. The van der Waals surface area contributed by atoms with Crippen LogP contribution in [0.25, 0.3) is 0 Å². The van der Waals surface area contributed by atoms with Gasteiger partial charge in [0.05, 0.1) is 11.6 Å². The molecule has 33 heavy (non-hydrogen) atoms. The van der Waals surface area contributed by atoms with Crippen LogP contribution in [0, 0.1) is 13.8 Å². The molecular formula is C26H37N7. The number of hydrogen-bond donors (Lipinski definition) is 0. The summed E-state index contributed by atoms with van der Waals surface area (Å²) in [6.07, 6.45) is 0. The maximum atomic E-state index is 4.53. The largest absolute Gasteiger partial charge is 0.378 e. The summed E-state index contributed by atoms with van der Waals surface area (Å²) >= 11 is 0. The molecule has 0 saturated carbocycles. The van der Waals surface area contributed by atoms with Crippen molar-refractivity contribution >= 4 is 11.4 Å². The number of anilines is 2. The number of hydrogen-bond acceptors (Lipinski definition) is 6. The molecular weight excluding hydrogens is 410 g/mol. The summed E-state index contributed by atoms with van der Waals surface area (Å²) in [5.74, 6) is 0.903. The number of aromatic nitrogens is 4. The van der Waals surface area contributed by atoms with Crippen LogP contribution in [0.4, 0.5) is 11.4 Å². The highest BCUT2D eigenvalue weighted by Gasteiger charge is 2.33. The van der Waals surface area contributed by atoms with Gasteiger partial charge in [-0.15, -0.1) is 5.10 Å². The first-order valence-corrected chi connectivity index (χ1v) is 11.8. The molecule has 1 aliphatic rings. The van der Waals surface area contributed by atoms with Gasteiger partial charge in [-0.05, 0) is 79.9 Å². The lowest BCUT2D eigenvalue weighted by Crippen LogP contribution is -2.49. The summed E-state index contributed by atoms with van der Waals surface area (Å²) in [6.45, 7) is 14.7. The molecule has 3 aromatic rings. The van der Waals surface area contributed by atoms with Gasteiger partial charge in [-0.1, -0.05) is 24.3 Å². The highest BCUT2D eigenvalue weighted by atomic mass is 15.6. The molecule has 1 atom stereocenters. The Hall–Kier alpha value is -2.93. The Morgan fingerprint density at radius 1 is 0.909 bits per heavy atom. The molecule has 1 saturated heterocycles. The Morgan fingerprint density at radius 3 is 2.18 bits per heavy atom. The molecule has 0 N–H and O–H groups in total. The molecule has 0 radical (unpaired) electrons. The van der Waals surface area contributed by atoms with Crippen molar-refractivity contribution in [2.24, 2.45) is 0 Å². The number of nitrogens with zero attached hydrogens (tertiary/aromatic N) is 7. The van der Waals surface area contributed by atoms with E-state index in [0.29, 0.717) is 0 Å². The fourth-order valence-electron chi connectivity index (χ4n) is 4.62. The number of tetrazole rings is 1. The van der Waals surface area contributed by atoms with Crippen LogP contribution in [0.3, 0.4) is 0 Å². The normalized spacial score (nSPS) is 16.2. The van der Waals surface area contributed by atoms with Gasteiger partial charge >= 0.3 is 0 Å². The van der Waals surface area contributed by atoms with Crippen LogP contribution in [0.5, 0.6) is 0 Å². The van der Waals surface area contributed by atoms with Crippen LogP contribution in [0.1, 0.15) is 49.3 Å². The predicted octanol–water partition coefficient (Wildman–Crippen LogP) is 4.02. The second-order valence-electron chi connectivity index (χ2n) is 10.3. The molecule has 0 spiro atoms. The van der Waals surface area contributed by atoms with Gasteiger partial charge in [0.2, 0.25) is 0 Å². The minimum Gasteiger partial charge on any atom is -0.378 e. The van der Waals surface area contributed by atoms with E-state index < -0.39 is 0 Å². The topological polar surface area (TPSA) is 53.3 Å². The third-order valence-corrected chi connectivity index (χ3v) is 6.69. The lowest BCUT2D eigenvalue weighted by atomic mass is 10.0. The van der Waals surface area contributed by atoms with Gasteiger partial charge in [0.15, 0.2) is 5.82 Å². The number of aryl methyl sites for hydroxylation is 1. The molecule has 4 rings (SSSR count). The first-order valence-electron chi connectivity index (χ1n) is 11.8. The lowest BCUT2D eigenvalue weighted by Gasteiger charge is -2.41. The SMILES string of the molecule is Cc1cccc(N2CCN([C@@H](c3ccc(N(C)C)cc3)c3nnnn3C(C)(C)C)CC2)c1C. The van der Waals surface area contributed by atoms with E-state index >= 15 is 0 Å². The maximum absolute atomic E-state index is 4.53. The predicted molar refractivity (Wildman–Crippen MR) is 135 cm³/mol. The quantitative estimate of drug-likeness (QED) is 0.589. The second kappa shape index (κ2) is 9.14. The molecule has 176 valence electrons. The number of rotatable bonds is 5. The summed E-state index contributed by atoms with van der Waals surface area (Å²) in [4.78, 5) is 7.17. The van der Waals surface area contributed by atoms with E-state index in [2.05, 4.69) is 121 Å². The molecule has 1 aliphatic heterocycles. The van der Waals surface area contributed by atoms with Crippen molar-refractivity contribution in [1.82, 2.24) is 25.1 Å². The van der Waals surface area contributed by atoms with Crippen LogP contribution in [-0.2, 0) is 5.54 Å². The van der Waals surface area contributed by atoms with E-state index in [1.165, 1.54) is 28.1 Å². The Bertz CT molecular complexity index is 1070. The highest BCUT2D eigenvalue weighted by molar-refractivity contribution is 5.56. The lowest BCUT2D eigenvalue weighted by molar-refractivity contribution is 0.191. The summed E-state index contributed by atoms with van der Waals surface area (Å²) in [6, 6.07) is 15.4. The van der Waals surface area contributed by atoms with E-state index in [0.717, 1.165) is 32.0 Å². The van der Waals surface area contributed by atoms with Gasteiger partial charge in [0, 0.05) is 51.6 Å². The van der Waals surface area contributed by atoms with Gasteiger partial charge in [0.1, 0.15) is 0 Å². The average molecular weight is 448 g/mol. The Kier molecular flexibility index (Phi) is 6.43. The summed E-state index contributed by atoms with van der Waals surface area (Å²) in [5, 5.41) is 13.0. The monoisotopic (exact) mass is 447 g/mol. The molecule has 0 aliphatic carbocycles. The summed E-state index contributed by atoms with van der Waals surface area (Å²) < 4.78 is 1.98. The maximum Gasteiger partial charge on any atom is 0.173 e. The number of piperazine rings is 1. The van der Waals surface area contributed by atoms with Gasteiger partial charge in [-0.25, -0.2) is 4.68 Å². The average Bonchev–Trinajstić information content (AvgIpc) is 3.27. The molecule has 2 aromatic carbocycles. The van der Waals surface area contributed by atoms with Crippen molar-refractivity contribution in [1.29, 1.82) is 0 Å². The zero-order valence-electron chi connectivity index (χ0n) is 21.1. The Balaban J connectivity index is 1.65. The zero-order valence-corrected chi connectivity index (χ0v) is 21.1. The van der Waals surface area contributed by atoms with Crippen LogP contribution in [0.15, 0.2) is 42.5 Å². The molecule has 0 unspecified atom stereocenters. The van der Waals surface area contributed by atoms with Crippen LogP contribution >= 0.6 is 0 Å². The van der Waals surface area contributed by atoms with Crippen molar-refractivity contribution in [2.45, 2.75) is 46.2 Å². The smallest absolute Gasteiger partial charge is 0.173 e. The van der Waals surface area contributed by atoms with Crippen LogP contribution < -0.4 is 9.80 Å². The van der Waals surface area contributed by atoms with E-state index in [-0.39, 0.29) is 11.6 Å². The second-order valence-corrected chi connectivity index (χ2v) is 10.3. The Morgan fingerprint density at radius 2 is 1.58 bits per heavy atom. The first kappa shape index (κ1) is 23.2. The van der Waals surface area contributed by atoms with Crippen molar-refractivity contribution in [2.75, 3.05) is 50.1 Å². The van der Waals surface area contributed by atoms with Crippen LogP contribution in [0.2, 0.25) is 0 Å². The standard InChI is InChI=1S/C26H37N7/c1-19-9-8-10-23(20(19)2)31-15-17-32(18-16-31)24(21-11-13-22(14-12-21)30(6)7)25-27-28-29-33(25)26(3,4)5/h8-14,24H,15-18H2,1-7H3/t24-/m0/s1. The summed E-state index contributed by atoms with van der Waals surface area (Å²) in [7, 11) is 4.14. The van der Waals surface area contributed by atoms with Gasteiger partial charge < -0.3 is 9.80 Å². The van der Waals surface area contributed by atoms with E-state index in [1.54, 1.807) is 0 Å². The molecule has 7 nitrogen and oxygen atoms in total. The molecule has 1 fully saturated rings. The Labute approximate surface area is 198 Å². The highest BCUT2D eigenvalue weighted by Crippen LogP contribution is 2.33. The zero-order chi connectivity index (χ0) is 23.8. The molecule has 0 bridgehead atoms. The third kappa shape index (κ3) is 4.74. The van der Waals surface area contributed by atoms with Crippen molar-refractivity contribution < 1.29 is 0 Å². The van der Waals surface area contributed by atoms with Gasteiger partial charge in [-0.3, -0.25) is 4.90 Å². The fraction of sp³-hybridized carbons (Fsp3) is 0.500. The minimum atomic E-state index is -0.193. The van der Waals surface area contributed by atoms with Crippen molar-refractivity contribution in [3.05, 3.63) is 65.0 Å². The molecule has 0 amide bonds. The van der Waals surface area contributed by atoms with E-state index in [1.807, 2.05) is 4.68 Å². The first-order chi connectivity index (χ1) is 15.7. The van der Waals surface area contributed by atoms with E-state index in [9.17, 15) is 0 Å². The summed E-state index contributed by atoms with van der Waals surface area (Å²) in [5.41, 5.74) is 6.28. The molecule has 2 heterocycles. The van der Waals surface area contributed by atoms with Gasteiger partial charge in [-0.2, -0.15) is 0 Å². The van der Waals surface area contributed by atoms with E-state index in [4.69, 9.17) is 0 Å². The van der Waals surface area contributed by atoms with Crippen molar-refractivity contribution in [3.8, 4) is 0 Å². The minimum absolute atomic E-state index is 0.0104. The van der Waals surface area contributed by atoms with Gasteiger partial charge in [0.25, 0.3) is 0 Å². The fourth-order valence-corrected chi connectivity index (χ4v) is 4.62. The number of benzene rings is 2. The van der Waals surface area contributed by atoms with Crippen LogP contribution in [-0.4, -0.2) is 65.4 Å². The molecule has 1 aromatic heterocycles.